The van der Waals surface area contributed by atoms with Crippen molar-refractivity contribution >= 4 is 96.6 Å². The van der Waals surface area contributed by atoms with Crippen LogP contribution >= 0.6 is 19.2 Å². The van der Waals surface area contributed by atoms with Gasteiger partial charge in [0.25, 0.3) is 25.7 Å². The number of benzene rings is 3. The number of aliphatic carboxylic acids is 1. The summed E-state index contributed by atoms with van der Waals surface area (Å²) in [6.45, 7) is 3.24. The fourth-order valence-corrected chi connectivity index (χ4v) is 10.9. The average molecular weight is 1470 g/mol. The van der Waals surface area contributed by atoms with Crippen molar-refractivity contribution in [1.29, 1.82) is 0 Å². The molecule has 35 nitrogen and oxygen atoms in total. The lowest BCUT2D eigenvalue weighted by Gasteiger charge is -2.13. The van der Waals surface area contributed by atoms with Gasteiger partial charge in [-0.05, 0) is 68.3 Å². The van der Waals surface area contributed by atoms with E-state index in [4.69, 9.17) is 50.2 Å². The zero-order valence-corrected chi connectivity index (χ0v) is 54.1. The number of aryl methyl sites for hydroxylation is 2. The Morgan fingerprint density at radius 1 is 0.740 bits per heavy atom. The zero-order chi connectivity index (χ0) is 72.6. The molecule has 0 aliphatic heterocycles. The van der Waals surface area contributed by atoms with Gasteiger partial charge in [0.1, 0.15) is 27.8 Å². The molecule has 4 amide bonds. The third-order valence-corrected chi connectivity index (χ3v) is 16.2. The van der Waals surface area contributed by atoms with Gasteiger partial charge in [-0.3, -0.25) is 35.4 Å². The van der Waals surface area contributed by atoms with Crippen LogP contribution in [-0.4, -0.2) is 164 Å². The molecule has 0 unspecified atom stereocenters. The molecule has 0 atom stereocenters. The van der Waals surface area contributed by atoms with Crippen LogP contribution < -0.4 is 44.3 Å². The van der Waals surface area contributed by atoms with Gasteiger partial charge in [0.05, 0.1) is 73.0 Å². The van der Waals surface area contributed by atoms with E-state index in [-0.39, 0.29) is 69.9 Å². The summed E-state index contributed by atoms with van der Waals surface area (Å²) in [6.07, 6.45) is -10.3. The number of carboxylic acids is 1. The Morgan fingerprint density at radius 3 is 1.86 bits per heavy atom. The van der Waals surface area contributed by atoms with Gasteiger partial charge < -0.3 is 43.3 Å². The van der Waals surface area contributed by atoms with Crippen molar-refractivity contribution in [2.75, 3.05) is 63.8 Å². The number of carbonyl (C=O) groups is 5. The molecule has 6 rings (SSSR count). The summed E-state index contributed by atoms with van der Waals surface area (Å²) in [5.74, 6) is -4.07. The fraction of sp³-hybridized carbons (Fsp3) is 0.300. The van der Waals surface area contributed by atoms with E-state index in [2.05, 4.69) is 50.6 Å². The predicted molar refractivity (Wildman–Crippen MR) is 317 cm³/mol. The maximum atomic E-state index is 12.7. The van der Waals surface area contributed by atoms with Gasteiger partial charge in [-0.25, -0.2) is 50.4 Å². The van der Waals surface area contributed by atoms with Gasteiger partial charge >= 0.3 is 55.9 Å². The number of rotatable bonds is 24. The lowest BCUT2D eigenvalue weighted by atomic mass is 10.1. The van der Waals surface area contributed by atoms with E-state index in [9.17, 15) is 90.2 Å². The number of sulfone groups is 1. The minimum absolute atomic E-state index is 0.0493. The second-order valence-corrected chi connectivity index (χ2v) is 25.3. The maximum Gasteiger partial charge on any atom is 0.416 e. The number of methoxy groups -OCH3 is 3. The third kappa shape index (κ3) is 27.3. The summed E-state index contributed by atoms with van der Waals surface area (Å²) in [6, 6.07) is 11.6. The number of ether oxygens (including phenoxy) is 6. The van der Waals surface area contributed by atoms with Crippen molar-refractivity contribution in [3.63, 3.8) is 0 Å². The molecule has 0 saturated heterocycles. The van der Waals surface area contributed by atoms with Crippen LogP contribution in [0.4, 0.5) is 53.5 Å². The minimum Gasteiger partial charge on any atom is -0.481 e. The first-order valence-corrected chi connectivity index (χ1v) is 32.7. The number of nitrogens with zero attached hydrogens (tertiary/aromatic N) is 7. The molecule has 0 aliphatic rings. The van der Waals surface area contributed by atoms with Crippen LogP contribution in [0.25, 0.3) is 0 Å². The molecule has 0 radical (unpaired) electrons. The first kappa shape index (κ1) is 80.5. The van der Waals surface area contributed by atoms with E-state index in [1.807, 2.05) is 0 Å². The topological polar surface area (TPSA) is 502 Å². The number of halogens is 7. The highest BCUT2D eigenvalue weighted by Crippen LogP contribution is 2.38. The number of nitrogens with one attached hydrogen (secondary N) is 5. The molecule has 96 heavy (non-hydrogen) atoms. The van der Waals surface area contributed by atoms with E-state index in [1.165, 1.54) is 72.4 Å². The fourth-order valence-electron chi connectivity index (χ4n) is 6.60. The summed E-state index contributed by atoms with van der Waals surface area (Å²) < 4.78 is 192. The normalized spacial score (nSPS) is 11.4. The van der Waals surface area contributed by atoms with Crippen molar-refractivity contribution < 1.29 is 128 Å². The lowest BCUT2D eigenvalue weighted by molar-refractivity contribution is -0.385. The number of pyridine rings is 1. The SMILES string of the molecule is CCOC(=O)COC(=O)c1cc(Oc2ccc(C(F)(F)F)cc2Cl)ccc1[N+](=O)[O-].CCS(=O)(=O)c1cccnc1S(=O)(=O)NC(=O)Nc1nc(OC)cc(OC)n1.COc1nc(C)nc(NC(=O)NS(=O)(=O)c2ccccc2CCC(F)(F)F)n1.O=C(O)CNCP(=O)(O)O. The van der Waals surface area contributed by atoms with Gasteiger partial charge in [-0.1, -0.05) is 36.7 Å². The molecule has 46 heteroatoms. The van der Waals surface area contributed by atoms with Crippen LogP contribution in [-0.2, 0) is 66.1 Å². The average Bonchev–Trinajstić information content (AvgIpc) is 0.828. The Hall–Kier alpha value is -9.72. The van der Waals surface area contributed by atoms with Crippen LogP contribution in [0.15, 0.2) is 99.9 Å². The minimum atomic E-state index is -4.61. The predicted octanol–water partition coefficient (Wildman–Crippen LogP) is 5.96. The number of nitro groups is 1. The Bertz CT molecular complexity index is 4160. The third-order valence-electron chi connectivity index (χ3n) is 10.6. The number of aromatic nitrogens is 6. The molecule has 0 fully saturated rings. The monoisotopic (exact) mass is 1470 g/mol. The summed E-state index contributed by atoms with van der Waals surface area (Å²) in [5.41, 5.74) is -2.23. The molecule has 0 spiro atoms. The van der Waals surface area contributed by atoms with E-state index in [0.717, 1.165) is 48.7 Å². The van der Waals surface area contributed by atoms with Crippen LogP contribution in [0.5, 0.6) is 29.3 Å². The largest absolute Gasteiger partial charge is 0.481 e. The number of anilines is 2. The summed E-state index contributed by atoms with van der Waals surface area (Å²) >= 11 is 5.81. The van der Waals surface area contributed by atoms with Crippen molar-refractivity contribution in [1.82, 2.24) is 44.7 Å². The van der Waals surface area contributed by atoms with Crippen molar-refractivity contribution in [3.05, 3.63) is 123 Å². The summed E-state index contributed by atoms with van der Waals surface area (Å²) in [4.78, 5) is 106. The van der Waals surface area contributed by atoms with Crippen molar-refractivity contribution in [2.45, 2.75) is 60.8 Å². The van der Waals surface area contributed by atoms with Crippen LogP contribution in [0.1, 0.15) is 47.6 Å². The Balaban J connectivity index is 0.000000350. The maximum absolute atomic E-state index is 12.7. The van der Waals surface area contributed by atoms with Gasteiger partial charge in [0, 0.05) is 24.8 Å². The summed E-state index contributed by atoms with van der Waals surface area (Å²) in [7, 11) is -13.1. The number of nitro benzene ring substituents is 1. The number of carboxylic acid groups (broad SMARTS) is 1. The Labute approximate surface area is 544 Å². The number of amides is 4. The number of urea groups is 2. The molecule has 524 valence electrons. The number of hydrogen-bond donors (Lipinski definition) is 8. The van der Waals surface area contributed by atoms with Crippen LogP contribution in [0.3, 0.4) is 0 Å². The van der Waals surface area contributed by atoms with Crippen molar-refractivity contribution in [3.8, 4) is 29.3 Å². The van der Waals surface area contributed by atoms with E-state index in [1.54, 1.807) is 9.44 Å². The highest BCUT2D eigenvalue weighted by Gasteiger charge is 2.33. The molecule has 0 saturated carbocycles. The van der Waals surface area contributed by atoms with Gasteiger partial charge in [0.15, 0.2) is 21.5 Å². The van der Waals surface area contributed by atoms with Crippen molar-refractivity contribution in [2.24, 2.45) is 0 Å². The second-order valence-electron chi connectivity index (χ2n) is 17.7. The second kappa shape index (κ2) is 35.7. The van der Waals surface area contributed by atoms with Crippen LogP contribution in [0, 0.1) is 17.0 Å². The quantitative estimate of drug-likeness (QED) is 0.0114. The smallest absolute Gasteiger partial charge is 0.416 e. The zero-order valence-electron chi connectivity index (χ0n) is 50.0. The number of carbonyl (C=O) groups excluding carboxylic acids is 4. The number of esters is 2. The van der Waals surface area contributed by atoms with Crippen LogP contribution in [0.2, 0.25) is 5.02 Å². The molecular formula is C50H54ClF6N12O23PS3. The number of alkyl halides is 6. The molecule has 3 aromatic carbocycles. The molecule has 3 aromatic heterocycles. The first-order chi connectivity index (χ1) is 44.6. The van der Waals surface area contributed by atoms with Gasteiger partial charge in [-0.2, -0.15) is 59.7 Å². The molecule has 3 heterocycles. The molecule has 0 bridgehead atoms. The molecule has 8 N–H and O–H groups in total. The number of hydrogen-bond acceptors (Lipinski definition) is 27. The Morgan fingerprint density at radius 2 is 1.33 bits per heavy atom. The molecule has 6 aromatic rings. The Kier molecular flexibility index (Phi) is 29.9. The summed E-state index contributed by atoms with van der Waals surface area (Å²) in [5, 5.41) is 24.3. The van der Waals surface area contributed by atoms with E-state index >= 15 is 0 Å². The van der Waals surface area contributed by atoms with E-state index in [0.29, 0.717) is 6.07 Å². The molecular weight excluding hydrogens is 1410 g/mol. The highest BCUT2D eigenvalue weighted by molar-refractivity contribution is 7.93. The van der Waals surface area contributed by atoms with Gasteiger partial charge in [0.2, 0.25) is 23.7 Å². The van der Waals surface area contributed by atoms with E-state index < -0.39 is 149 Å². The standard InChI is InChI=1S/C18H13ClF3NO7.C15H16F3N5O4S.C14H17N5O7S2.C3H8NO5P/c1-2-28-16(24)9-29-17(25)12-8-11(4-5-14(12)23(26)27)30-15-6-3-10(7-13(15)19)18(20,21)22;1-9-19-12(22-14(20-9)27-2)21-13(24)23-28(25,26)11-6-4-3-5-10(11)7-8-15(16,17)18;1-4-27(21,22)9-6-5-7-15-12(9)28(23,24)19-14(20)18-13-16-10(25-2)8-11(17-13)26-3;5-3(6)1-4-2-10(7,8)9/h3-8H,2,9H2,1H3;3-6H,7-8H2,1-2H3,(H2,19,20,21,22,23,24);5-8H,4H2,1-3H3,(H2,16,17,18,19,20);4H,1-2H2,(H,5,6)(H2,7,8,9). The van der Waals surface area contributed by atoms with Gasteiger partial charge in [-0.15, -0.1) is 0 Å². The number of sulfonamides is 2. The highest BCUT2D eigenvalue weighted by atomic mass is 35.5. The lowest BCUT2D eigenvalue weighted by Crippen LogP contribution is -2.36. The molecule has 0 aliphatic carbocycles. The first-order valence-electron chi connectivity index (χ1n) is 25.9.